The fourth-order valence-electron chi connectivity index (χ4n) is 4.36. The van der Waals surface area contributed by atoms with E-state index in [0.29, 0.717) is 30.8 Å². The molecule has 9 heteroatoms. The average Bonchev–Trinajstić information content (AvgIpc) is 3.50. The first kappa shape index (κ1) is 20.8. The van der Waals surface area contributed by atoms with Crippen LogP contribution >= 0.6 is 0 Å². The summed E-state index contributed by atoms with van der Waals surface area (Å²) in [6.07, 6.45) is 7.68. The van der Waals surface area contributed by atoms with E-state index in [4.69, 9.17) is 5.73 Å². The number of primary amides is 1. The molecule has 0 spiro atoms. The number of hydrogen-bond acceptors (Lipinski definition) is 5. The molecule has 4 rings (SSSR count). The predicted molar refractivity (Wildman–Crippen MR) is 113 cm³/mol. The second kappa shape index (κ2) is 8.76. The van der Waals surface area contributed by atoms with Gasteiger partial charge in [-0.2, -0.15) is 5.26 Å². The van der Waals surface area contributed by atoms with Gasteiger partial charge in [-0.3, -0.25) is 19.4 Å². The number of nitrogens with one attached hydrogen (secondary N) is 2. The van der Waals surface area contributed by atoms with Crippen molar-refractivity contribution in [3.05, 3.63) is 30.2 Å². The van der Waals surface area contributed by atoms with Crippen LogP contribution in [0.3, 0.4) is 0 Å². The highest BCUT2D eigenvalue weighted by Gasteiger charge is 2.35. The first-order valence-corrected chi connectivity index (χ1v) is 10.7. The number of rotatable bonds is 8. The van der Waals surface area contributed by atoms with Crippen molar-refractivity contribution in [2.75, 3.05) is 6.54 Å². The zero-order valence-corrected chi connectivity index (χ0v) is 17.2. The lowest BCUT2D eigenvalue weighted by molar-refractivity contribution is -0.128. The maximum Gasteiger partial charge on any atom is 0.265 e. The fourth-order valence-corrected chi connectivity index (χ4v) is 4.36. The number of hydrogen-bond donors (Lipinski definition) is 3. The highest BCUT2D eigenvalue weighted by atomic mass is 16.2. The van der Waals surface area contributed by atoms with Gasteiger partial charge >= 0.3 is 0 Å². The van der Waals surface area contributed by atoms with Crippen LogP contribution in [-0.2, 0) is 9.59 Å². The molecule has 1 saturated heterocycles. The number of nitriles is 1. The standard InChI is InChI=1S/C22H26N6O3/c23-11-16(9-14-2-1-6-26-21(14)30)27-22(31)19(8-13-3-4-13)28-17-5-7-25-12-15(17)10-18(28)20(24)29/h5,7,10,12-14,16,19H,1-4,6,8-9H2,(H2,24,29)(H,26,30)(H,27,31)/t14-,16-,19-/m0/s1. The summed E-state index contributed by atoms with van der Waals surface area (Å²) in [4.78, 5) is 41.7. The van der Waals surface area contributed by atoms with Crippen molar-refractivity contribution in [3.8, 4) is 6.07 Å². The van der Waals surface area contributed by atoms with Gasteiger partial charge in [0.15, 0.2) is 0 Å². The van der Waals surface area contributed by atoms with Crippen LogP contribution in [0.15, 0.2) is 24.5 Å². The van der Waals surface area contributed by atoms with Gasteiger partial charge in [0.25, 0.3) is 5.91 Å². The first-order valence-electron chi connectivity index (χ1n) is 10.7. The van der Waals surface area contributed by atoms with E-state index < -0.39 is 18.0 Å². The van der Waals surface area contributed by atoms with Gasteiger partial charge in [0, 0.05) is 30.2 Å². The number of aromatic nitrogens is 2. The number of piperidine rings is 1. The van der Waals surface area contributed by atoms with Crippen LogP contribution in [0.5, 0.6) is 0 Å². The van der Waals surface area contributed by atoms with Crippen molar-refractivity contribution in [1.29, 1.82) is 5.26 Å². The van der Waals surface area contributed by atoms with E-state index in [1.165, 1.54) is 0 Å². The molecule has 9 nitrogen and oxygen atoms in total. The summed E-state index contributed by atoms with van der Waals surface area (Å²) in [6, 6.07) is 4.06. The molecule has 3 atom stereocenters. The molecule has 3 amide bonds. The van der Waals surface area contributed by atoms with Crippen molar-refractivity contribution < 1.29 is 14.4 Å². The van der Waals surface area contributed by atoms with Crippen LogP contribution in [0.1, 0.15) is 55.1 Å². The number of carbonyl (C=O) groups is 3. The topological polar surface area (TPSA) is 143 Å². The van der Waals surface area contributed by atoms with E-state index in [9.17, 15) is 19.6 Å². The van der Waals surface area contributed by atoms with Crippen LogP contribution in [0, 0.1) is 23.2 Å². The molecular weight excluding hydrogens is 396 g/mol. The number of amides is 3. The largest absolute Gasteiger partial charge is 0.364 e. The molecule has 2 aromatic rings. The number of fused-ring (bicyclic) bond motifs is 1. The molecule has 4 N–H and O–H groups in total. The SMILES string of the molecule is N#C[C@H](C[C@@H]1CCCNC1=O)NC(=O)[C@H](CC1CC1)n1c(C(N)=O)cc2cnccc21. The van der Waals surface area contributed by atoms with Crippen LogP contribution in [0.2, 0.25) is 0 Å². The summed E-state index contributed by atoms with van der Waals surface area (Å²) in [5.74, 6) is -0.942. The van der Waals surface area contributed by atoms with Crippen LogP contribution in [0.4, 0.5) is 0 Å². The second-order valence-corrected chi connectivity index (χ2v) is 8.45. The Hall–Kier alpha value is -3.41. The Morgan fingerprint density at radius 1 is 1.35 bits per heavy atom. The zero-order chi connectivity index (χ0) is 22.0. The van der Waals surface area contributed by atoms with Crippen molar-refractivity contribution in [2.24, 2.45) is 17.6 Å². The van der Waals surface area contributed by atoms with Gasteiger partial charge in [0.2, 0.25) is 11.8 Å². The van der Waals surface area contributed by atoms with Gasteiger partial charge < -0.3 is 20.9 Å². The molecule has 0 aromatic carbocycles. The van der Waals surface area contributed by atoms with E-state index in [1.54, 1.807) is 29.1 Å². The number of carbonyl (C=O) groups excluding carboxylic acids is 3. The average molecular weight is 422 g/mol. The van der Waals surface area contributed by atoms with E-state index in [2.05, 4.69) is 21.7 Å². The van der Waals surface area contributed by atoms with Gasteiger partial charge in [-0.05, 0) is 43.7 Å². The fraction of sp³-hybridized carbons (Fsp3) is 0.500. The Labute approximate surface area is 180 Å². The number of nitrogens with two attached hydrogens (primary N) is 1. The molecule has 0 bridgehead atoms. The van der Waals surface area contributed by atoms with E-state index in [1.807, 2.05) is 0 Å². The van der Waals surface area contributed by atoms with Gasteiger partial charge in [0.1, 0.15) is 17.8 Å². The molecular formula is C22H26N6O3. The Morgan fingerprint density at radius 3 is 2.84 bits per heavy atom. The first-order chi connectivity index (χ1) is 15.0. The van der Waals surface area contributed by atoms with Crippen LogP contribution < -0.4 is 16.4 Å². The molecule has 0 radical (unpaired) electrons. The van der Waals surface area contributed by atoms with Crippen molar-refractivity contribution in [1.82, 2.24) is 20.2 Å². The number of nitrogens with zero attached hydrogens (tertiary/aromatic N) is 3. The Bertz CT molecular complexity index is 1050. The Balaban J connectivity index is 1.61. The minimum atomic E-state index is -0.788. The lowest BCUT2D eigenvalue weighted by Crippen LogP contribution is -2.44. The third-order valence-electron chi connectivity index (χ3n) is 6.15. The number of pyridine rings is 1. The summed E-state index contributed by atoms with van der Waals surface area (Å²) in [5, 5.41) is 16.0. The lowest BCUT2D eigenvalue weighted by Gasteiger charge is -2.26. The Morgan fingerprint density at radius 2 is 2.16 bits per heavy atom. The van der Waals surface area contributed by atoms with Crippen LogP contribution in [-0.4, -0.2) is 39.9 Å². The van der Waals surface area contributed by atoms with E-state index in [0.717, 1.165) is 24.6 Å². The smallest absolute Gasteiger partial charge is 0.265 e. The monoisotopic (exact) mass is 422 g/mol. The molecule has 1 aliphatic carbocycles. The Kier molecular flexibility index (Phi) is 5.89. The second-order valence-electron chi connectivity index (χ2n) is 8.45. The molecule has 1 aliphatic heterocycles. The molecule has 162 valence electrons. The summed E-state index contributed by atoms with van der Waals surface area (Å²) in [7, 11) is 0. The maximum atomic E-state index is 13.4. The molecule has 2 fully saturated rings. The van der Waals surface area contributed by atoms with E-state index >= 15 is 0 Å². The predicted octanol–water partition coefficient (Wildman–Crippen LogP) is 1.40. The third kappa shape index (κ3) is 4.53. The molecule has 2 aromatic heterocycles. The minimum absolute atomic E-state index is 0.0739. The molecule has 0 unspecified atom stereocenters. The normalized spacial score (nSPS) is 20.5. The molecule has 3 heterocycles. The summed E-state index contributed by atoms with van der Waals surface area (Å²) in [6.45, 7) is 0.647. The van der Waals surface area contributed by atoms with Crippen molar-refractivity contribution in [2.45, 2.75) is 50.6 Å². The van der Waals surface area contributed by atoms with Gasteiger partial charge in [-0.25, -0.2) is 0 Å². The van der Waals surface area contributed by atoms with E-state index in [-0.39, 0.29) is 29.8 Å². The van der Waals surface area contributed by atoms with Crippen LogP contribution in [0.25, 0.3) is 10.9 Å². The zero-order valence-electron chi connectivity index (χ0n) is 17.2. The molecule has 31 heavy (non-hydrogen) atoms. The summed E-state index contributed by atoms with van der Waals surface area (Å²) in [5.41, 5.74) is 6.56. The minimum Gasteiger partial charge on any atom is -0.364 e. The van der Waals surface area contributed by atoms with Gasteiger partial charge in [0.05, 0.1) is 11.6 Å². The highest BCUT2D eigenvalue weighted by molar-refractivity contribution is 5.99. The quantitative estimate of drug-likeness (QED) is 0.589. The van der Waals surface area contributed by atoms with Crippen molar-refractivity contribution >= 4 is 28.6 Å². The van der Waals surface area contributed by atoms with Gasteiger partial charge in [-0.15, -0.1) is 0 Å². The summed E-state index contributed by atoms with van der Waals surface area (Å²) < 4.78 is 1.68. The van der Waals surface area contributed by atoms with Gasteiger partial charge in [-0.1, -0.05) is 12.8 Å². The lowest BCUT2D eigenvalue weighted by atomic mass is 9.92. The maximum absolute atomic E-state index is 13.4. The highest BCUT2D eigenvalue weighted by Crippen LogP contribution is 2.39. The molecule has 2 aliphatic rings. The van der Waals surface area contributed by atoms with Crippen molar-refractivity contribution in [3.63, 3.8) is 0 Å². The third-order valence-corrected chi connectivity index (χ3v) is 6.15. The molecule has 1 saturated carbocycles. The summed E-state index contributed by atoms with van der Waals surface area (Å²) >= 11 is 0.